The summed E-state index contributed by atoms with van der Waals surface area (Å²) in [5.74, 6) is 2.86. The number of rotatable bonds is 9. The quantitative estimate of drug-likeness (QED) is 0.429. The van der Waals surface area contributed by atoms with Gasteiger partial charge in [-0.3, -0.25) is 4.57 Å². The number of aromatic nitrogens is 3. The molecule has 0 aliphatic rings. The lowest BCUT2D eigenvalue weighted by atomic mass is 10.2. The summed E-state index contributed by atoms with van der Waals surface area (Å²) >= 11 is 1.56. The fourth-order valence-corrected chi connectivity index (χ4v) is 3.49. The molecule has 0 radical (unpaired) electrons. The molecular weight excluding hydrogens is 391 g/mol. The minimum Gasteiger partial charge on any atom is -0.497 e. The van der Waals surface area contributed by atoms with Gasteiger partial charge in [0.25, 0.3) is 0 Å². The number of ether oxygens (including phenoxy) is 2. The number of nitrogens with zero attached hydrogens (tertiary/aromatic N) is 3. The van der Waals surface area contributed by atoms with Crippen LogP contribution in [0.3, 0.4) is 0 Å². The van der Waals surface area contributed by atoms with Crippen molar-refractivity contribution in [2.24, 2.45) is 0 Å². The Hall–Kier alpha value is -2.58. The van der Waals surface area contributed by atoms with E-state index in [1.165, 1.54) is 17.0 Å². The Morgan fingerprint density at radius 1 is 1.03 bits per heavy atom. The van der Waals surface area contributed by atoms with E-state index in [1.54, 1.807) is 31.0 Å². The highest BCUT2D eigenvalue weighted by molar-refractivity contribution is 7.99. The molecule has 29 heavy (non-hydrogen) atoms. The van der Waals surface area contributed by atoms with Crippen LogP contribution in [0.25, 0.3) is 5.69 Å². The van der Waals surface area contributed by atoms with Crippen LogP contribution in [0.4, 0.5) is 4.39 Å². The first-order chi connectivity index (χ1) is 14.0. The molecule has 154 valence electrons. The van der Waals surface area contributed by atoms with E-state index >= 15 is 0 Å². The summed E-state index contributed by atoms with van der Waals surface area (Å²) in [4.78, 5) is 1.24. The Morgan fingerprint density at radius 2 is 1.69 bits per heavy atom. The molecule has 6 nitrogen and oxygen atoms in total. The van der Waals surface area contributed by atoms with E-state index in [0.29, 0.717) is 12.4 Å². The second-order valence-corrected chi connectivity index (χ2v) is 7.89. The molecular formula is C21H26FN4O2S+. The topological polar surface area (TPSA) is 53.6 Å². The SMILES string of the molecule is COc1ccc(OCCSc2nnc([C@@H](C)[NH+](C)C)n2-c2ccc(F)cc2)cc1. The average Bonchev–Trinajstić information content (AvgIpc) is 3.15. The Bertz CT molecular complexity index is 913. The van der Waals surface area contributed by atoms with Crippen molar-refractivity contribution in [2.75, 3.05) is 33.6 Å². The fraction of sp³-hybridized carbons (Fsp3) is 0.333. The first-order valence-electron chi connectivity index (χ1n) is 9.40. The molecule has 8 heteroatoms. The van der Waals surface area contributed by atoms with Crippen molar-refractivity contribution in [3.8, 4) is 17.2 Å². The van der Waals surface area contributed by atoms with Crippen LogP contribution in [0, 0.1) is 5.82 Å². The van der Waals surface area contributed by atoms with Crippen molar-refractivity contribution in [3.63, 3.8) is 0 Å². The van der Waals surface area contributed by atoms with Crippen LogP contribution in [-0.2, 0) is 0 Å². The van der Waals surface area contributed by atoms with Crippen LogP contribution in [-0.4, -0.2) is 48.3 Å². The van der Waals surface area contributed by atoms with Crippen LogP contribution < -0.4 is 14.4 Å². The Kier molecular flexibility index (Phi) is 7.11. The Morgan fingerprint density at radius 3 is 2.31 bits per heavy atom. The maximum atomic E-state index is 13.4. The van der Waals surface area contributed by atoms with Crippen LogP contribution in [0.5, 0.6) is 11.5 Å². The Balaban J connectivity index is 1.71. The summed E-state index contributed by atoms with van der Waals surface area (Å²) in [6.45, 7) is 2.62. The van der Waals surface area contributed by atoms with Gasteiger partial charge in [-0.1, -0.05) is 11.8 Å². The van der Waals surface area contributed by atoms with E-state index in [1.807, 2.05) is 28.8 Å². The average molecular weight is 418 g/mol. The van der Waals surface area contributed by atoms with Crippen LogP contribution in [0.15, 0.2) is 53.7 Å². The third-order valence-electron chi connectivity index (χ3n) is 4.64. The third-order valence-corrected chi connectivity index (χ3v) is 5.53. The van der Waals surface area contributed by atoms with Gasteiger partial charge in [0.1, 0.15) is 23.4 Å². The Labute approximate surface area is 174 Å². The maximum absolute atomic E-state index is 13.4. The van der Waals surface area contributed by atoms with E-state index in [4.69, 9.17) is 9.47 Å². The summed E-state index contributed by atoms with van der Waals surface area (Å²) in [6, 6.07) is 14.0. The van der Waals surface area contributed by atoms with E-state index in [2.05, 4.69) is 31.2 Å². The zero-order valence-corrected chi connectivity index (χ0v) is 17.9. The van der Waals surface area contributed by atoms with Crippen LogP contribution in [0.1, 0.15) is 18.8 Å². The van der Waals surface area contributed by atoms with E-state index in [9.17, 15) is 4.39 Å². The second-order valence-electron chi connectivity index (χ2n) is 6.82. The number of thioether (sulfide) groups is 1. The largest absolute Gasteiger partial charge is 0.497 e. The van der Waals surface area contributed by atoms with Gasteiger partial charge in [0, 0.05) is 11.4 Å². The molecule has 3 aromatic rings. The molecule has 0 unspecified atom stereocenters. The van der Waals surface area contributed by atoms with E-state index < -0.39 is 0 Å². The maximum Gasteiger partial charge on any atom is 0.196 e. The zero-order chi connectivity index (χ0) is 20.8. The molecule has 0 fully saturated rings. The van der Waals surface area contributed by atoms with Crippen molar-refractivity contribution >= 4 is 11.8 Å². The number of halogens is 1. The predicted octanol–water partition coefficient (Wildman–Crippen LogP) is 2.79. The molecule has 3 rings (SSSR count). The number of hydrogen-bond acceptors (Lipinski definition) is 5. The highest BCUT2D eigenvalue weighted by Crippen LogP contribution is 2.25. The summed E-state index contributed by atoms with van der Waals surface area (Å²) in [7, 11) is 5.78. The molecule has 1 atom stereocenters. The highest BCUT2D eigenvalue weighted by Gasteiger charge is 2.23. The van der Waals surface area contributed by atoms with Gasteiger partial charge < -0.3 is 14.4 Å². The molecule has 0 bridgehead atoms. The number of hydrogen-bond donors (Lipinski definition) is 1. The van der Waals surface area contributed by atoms with E-state index in [0.717, 1.165) is 28.2 Å². The molecule has 0 aliphatic carbocycles. The molecule has 0 amide bonds. The number of benzene rings is 2. The lowest BCUT2D eigenvalue weighted by molar-refractivity contribution is -0.890. The van der Waals surface area contributed by atoms with Gasteiger partial charge in [-0.2, -0.15) is 0 Å². The second kappa shape index (κ2) is 9.76. The number of nitrogens with one attached hydrogen (secondary N) is 1. The predicted molar refractivity (Wildman–Crippen MR) is 112 cm³/mol. The van der Waals surface area contributed by atoms with Crippen molar-refractivity contribution in [3.05, 3.63) is 60.2 Å². The van der Waals surface area contributed by atoms with Gasteiger partial charge in [-0.15, -0.1) is 10.2 Å². The van der Waals surface area contributed by atoms with Crippen molar-refractivity contribution < 1.29 is 18.8 Å². The van der Waals surface area contributed by atoms with Crippen LogP contribution in [0.2, 0.25) is 0 Å². The smallest absolute Gasteiger partial charge is 0.196 e. The molecule has 0 spiro atoms. The van der Waals surface area contributed by atoms with Crippen molar-refractivity contribution in [1.29, 1.82) is 0 Å². The van der Waals surface area contributed by atoms with E-state index in [-0.39, 0.29) is 11.9 Å². The van der Waals surface area contributed by atoms with Gasteiger partial charge in [-0.25, -0.2) is 4.39 Å². The summed E-state index contributed by atoms with van der Waals surface area (Å²) in [5.41, 5.74) is 0.845. The zero-order valence-electron chi connectivity index (χ0n) is 17.1. The molecule has 0 saturated heterocycles. The first kappa shape index (κ1) is 21.1. The van der Waals surface area contributed by atoms with Gasteiger partial charge >= 0.3 is 0 Å². The van der Waals surface area contributed by atoms with Gasteiger partial charge in [-0.05, 0) is 55.5 Å². The van der Waals surface area contributed by atoms with Gasteiger partial charge in [0.2, 0.25) is 0 Å². The molecule has 1 N–H and O–H groups in total. The minimum atomic E-state index is -0.267. The molecule has 2 aromatic carbocycles. The first-order valence-corrected chi connectivity index (χ1v) is 10.4. The molecule has 1 aromatic heterocycles. The highest BCUT2D eigenvalue weighted by atomic mass is 32.2. The van der Waals surface area contributed by atoms with Gasteiger partial charge in [0.05, 0.1) is 27.8 Å². The van der Waals surface area contributed by atoms with Crippen LogP contribution >= 0.6 is 11.8 Å². The summed E-state index contributed by atoms with van der Waals surface area (Å²) < 4.78 is 26.3. The summed E-state index contributed by atoms with van der Waals surface area (Å²) in [5, 5.41) is 9.56. The van der Waals surface area contributed by atoms with Crippen molar-refractivity contribution in [1.82, 2.24) is 14.8 Å². The minimum absolute atomic E-state index is 0.137. The van der Waals surface area contributed by atoms with Gasteiger partial charge in [0.15, 0.2) is 11.0 Å². The lowest BCUT2D eigenvalue weighted by Crippen LogP contribution is -3.05. The van der Waals surface area contributed by atoms with Crippen molar-refractivity contribution in [2.45, 2.75) is 18.1 Å². The monoisotopic (exact) mass is 417 g/mol. The lowest BCUT2D eigenvalue weighted by Gasteiger charge is -2.18. The molecule has 0 saturated carbocycles. The molecule has 1 heterocycles. The number of quaternary nitrogens is 1. The normalized spacial score (nSPS) is 12.2. The summed E-state index contributed by atoms with van der Waals surface area (Å²) in [6.07, 6.45) is 0. The number of methoxy groups -OCH3 is 1. The fourth-order valence-electron chi connectivity index (χ4n) is 2.71. The third kappa shape index (κ3) is 5.27. The standard InChI is InChI=1S/C21H25FN4O2S/c1-15(25(2)3)20-23-24-21(26(20)17-7-5-16(22)6-8-17)29-14-13-28-19-11-9-18(27-4)10-12-19/h5-12,15H,13-14H2,1-4H3/p+1/t15-/m1/s1. The molecule has 0 aliphatic heterocycles.